The molecule has 0 aliphatic heterocycles. The summed E-state index contributed by atoms with van der Waals surface area (Å²) in [4.78, 5) is 25.5. The Labute approximate surface area is 197 Å². The van der Waals surface area contributed by atoms with Gasteiger partial charge < -0.3 is 15.8 Å². The van der Waals surface area contributed by atoms with Gasteiger partial charge in [0, 0.05) is 12.7 Å². The average molecular weight is 456 g/mol. The number of para-hydroxylation sites is 1. The monoisotopic (exact) mass is 455 g/mol. The van der Waals surface area contributed by atoms with Gasteiger partial charge in [0.15, 0.2) is 0 Å². The number of anilines is 3. The minimum atomic E-state index is -0.131. The van der Waals surface area contributed by atoms with Crippen molar-refractivity contribution < 1.29 is 14.4 Å². The van der Waals surface area contributed by atoms with Gasteiger partial charge in [-0.1, -0.05) is 42.5 Å². The lowest BCUT2D eigenvalue weighted by molar-refractivity contribution is -0.167. The maximum Gasteiger partial charge on any atom is 0.250 e. The van der Waals surface area contributed by atoms with Crippen LogP contribution in [0.1, 0.15) is 5.56 Å². The Hall–Kier alpha value is -4.43. The van der Waals surface area contributed by atoms with Crippen molar-refractivity contribution >= 4 is 23.2 Å². The number of ether oxygens (including phenoxy) is 1. The molecule has 0 aliphatic rings. The summed E-state index contributed by atoms with van der Waals surface area (Å²) in [5, 5.41) is 4.50. The molecule has 0 saturated heterocycles. The summed E-state index contributed by atoms with van der Waals surface area (Å²) >= 11 is 0. The zero-order valence-corrected chi connectivity index (χ0v) is 18.9. The molecule has 0 saturated carbocycles. The third-order valence-corrected chi connectivity index (χ3v) is 5.20. The number of nitrogens with zero attached hydrogens (tertiary/aromatic N) is 3. The van der Waals surface area contributed by atoms with Crippen LogP contribution in [0.25, 0.3) is 11.1 Å². The predicted octanol–water partition coefficient (Wildman–Crippen LogP) is 4.82. The second-order valence-corrected chi connectivity index (χ2v) is 7.49. The van der Waals surface area contributed by atoms with Crippen LogP contribution >= 0.6 is 0 Å². The molecule has 0 bridgehead atoms. The number of carbonyl (C=O) groups is 1. The third-order valence-electron chi connectivity index (χ3n) is 5.20. The van der Waals surface area contributed by atoms with Gasteiger partial charge in [0.25, 0.3) is 0 Å². The van der Waals surface area contributed by atoms with Gasteiger partial charge in [-0.25, -0.2) is 15.0 Å². The Balaban J connectivity index is 1.51. The third kappa shape index (κ3) is 5.48. The number of nitrogens with two attached hydrogens (primary N) is 1. The van der Waals surface area contributed by atoms with Gasteiger partial charge in [-0.3, -0.25) is 9.63 Å². The van der Waals surface area contributed by atoms with Crippen LogP contribution in [-0.4, -0.2) is 35.1 Å². The highest BCUT2D eigenvalue weighted by molar-refractivity contribution is 5.85. The van der Waals surface area contributed by atoms with E-state index >= 15 is 0 Å². The number of amides is 1. The van der Waals surface area contributed by atoms with Gasteiger partial charge in [0.1, 0.15) is 29.5 Å². The summed E-state index contributed by atoms with van der Waals surface area (Å²) in [5.41, 5.74) is 9.43. The highest BCUT2D eigenvalue weighted by atomic mass is 16.7. The lowest BCUT2D eigenvalue weighted by Gasteiger charge is -2.15. The first kappa shape index (κ1) is 22.8. The fourth-order valence-electron chi connectivity index (χ4n) is 3.32. The average Bonchev–Trinajstić information content (AvgIpc) is 2.86. The quantitative estimate of drug-likeness (QED) is 0.367. The van der Waals surface area contributed by atoms with Crippen LogP contribution in [0, 0.1) is 0 Å². The maximum absolute atomic E-state index is 12.0. The molecule has 0 atom stereocenters. The molecular weight excluding hydrogens is 430 g/mol. The summed E-state index contributed by atoms with van der Waals surface area (Å²) in [5.74, 6) is 2.28. The van der Waals surface area contributed by atoms with Gasteiger partial charge in [0.2, 0.25) is 5.91 Å². The fourth-order valence-corrected chi connectivity index (χ4v) is 3.32. The molecule has 1 aromatic heterocycles. The van der Waals surface area contributed by atoms with Crippen molar-refractivity contribution in [2.75, 3.05) is 25.2 Å². The second kappa shape index (κ2) is 10.5. The number of nitrogens with one attached hydrogen (secondary N) is 1. The van der Waals surface area contributed by atoms with Gasteiger partial charge in [0.05, 0.1) is 19.1 Å². The Morgan fingerprint density at radius 3 is 2.29 bits per heavy atom. The highest BCUT2D eigenvalue weighted by Crippen LogP contribution is 2.34. The summed E-state index contributed by atoms with van der Waals surface area (Å²) in [6.07, 6.45) is 1.66. The zero-order valence-electron chi connectivity index (χ0n) is 18.9. The highest BCUT2D eigenvalue weighted by Gasteiger charge is 2.13. The van der Waals surface area contributed by atoms with E-state index in [-0.39, 0.29) is 12.3 Å². The van der Waals surface area contributed by atoms with Crippen molar-refractivity contribution in [1.82, 2.24) is 15.0 Å². The minimum absolute atomic E-state index is 0.131. The van der Waals surface area contributed by atoms with Crippen molar-refractivity contribution in [3.63, 3.8) is 0 Å². The number of likely N-dealkylation sites (N-methyl/N-ethyl adjacent to an activating group) is 1. The maximum atomic E-state index is 12.0. The standard InChI is InChI=1S/C26H25N5O3/c1-31(33-2)23(32)16-18-8-12-20(13-9-18)30-26-24(25(27)28-17-29-26)19-10-14-22(15-11-19)34-21-6-4-3-5-7-21/h3-15,17H,16H2,1-2H3,(H3,27,28,29,30). The van der Waals surface area contributed by atoms with E-state index in [1.165, 1.54) is 18.5 Å². The number of benzene rings is 3. The first-order valence-corrected chi connectivity index (χ1v) is 10.6. The van der Waals surface area contributed by atoms with E-state index in [4.69, 9.17) is 15.3 Å². The lowest BCUT2D eigenvalue weighted by atomic mass is 10.1. The molecule has 1 heterocycles. The largest absolute Gasteiger partial charge is 0.457 e. The van der Waals surface area contributed by atoms with Crippen LogP contribution in [0.4, 0.5) is 17.3 Å². The molecule has 8 heteroatoms. The topological polar surface area (TPSA) is 103 Å². The SMILES string of the molecule is CON(C)C(=O)Cc1ccc(Nc2ncnc(N)c2-c2ccc(Oc3ccccc3)cc2)cc1. The molecule has 0 spiro atoms. The number of aromatic nitrogens is 2. The molecule has 8 nitrogen and oxygen atoms in total. The van der Waals surface area contributed by atoms with Crippen LogP contribution in [-0.2, 0) is 16.1 Å². The molecule has 3 aromatic carbocycles. The summed E-state index contributed by atoms with van der Waals surface area (Å²) < 4.78 is 5.87. The summed E-state index contributed by atoms with van der Waals surface area (Å²) in [6, 6.07) is 24.7. The second-order valence-electron chi connectivity index (χ2n) is 7.49. The van der Waals surface area contributed by atoms with Crippen molar-refractivity contribution in [2.24, 2.45) is 0 Å². The number of rotatable bonds is 8. The molecular formula is C26H25N5O3. The molecule has 172 valence electrons. The molecule has 0 radical (unpaired) electrons. The molecule has 4 rings (SSSR count). The van der Waals surface area contributed by atoms with E-state index in [0.717, 1.165) is 22.6 Å². The number of hydrogen-bond donors (Lipinski definition) is 2. The van der Waals surface area contributed by atoms with Gasteiger partial charge in [-0.05, 0) is 47.5 Å². The molecule has 1 amide bonds. The van der Waals surface area contributed by atoms with Gasteiger partial charge >= 0.3 is 0 Å². The molecule has 34 heavy (non-hydrogen) atoms. The van der Waals surface area contributed by atoms with Crippen LogP contribution in [0.15, 0.2) is 85.2 Å². The van der Waals surface area contributed by atoms with E-state index in [9.17, 15) is 4.79 Å². The fraction of sp³-hybridized carbons (Fsp3) is 0.115. The number of carbonyl (C=O) groups excluding carboxylic acids is 1. The van der Waals surface area contributed by atoms with Crippen molar-refractivity contribution in [3.8, 4) is 22.6 Å². The first-order chi connectivity index (χ1) is 16.5. The van der Waals surface area contributed by atoms with Crippen molar-refractivity contribution in [3.05, 3.63) is 90.8 Å². The summed E-state index contributed by atoms with van der Waals surface area (Å²) in [7, 11) is 3.04. The summed E-state index contributed by atoms with van der Waals surface area (Å²) in [6.45, 7) is 0. The molecule has 0 aliphatic carbocycles. The zero-order chi connectivity index (χ0) is 23.9. The number of hydrogen-bond acceptors (Lipinski definition) is 7. The first-order valence-electron chi connectivity index (χ1n) is 10.6. The van der Waals surface area contributed by atoms with Crippen LogP contribution in [0.2, 0.25) is 0 Å². The number of nitrogen functional groups attached to an aromatic ring is 1. The number of hydroxylamine groups is 2. The van der Waals surface area contributed by atoms with Crippen molar-refractivity contribution in [2.45, 2.75) is 6.42 Å². The van der Waals surface area contributed by atoms with Crippen molar-refractivity contribution in [1.29, 1.82) is 0 Å². The smallest absolute Gasteiger partial charge is 0.250 e. The lowest BCUT2D eigenvalue weighted by Crippen LogP contribution is -2.26. The molecule has 4 aromatic rings. The predicted molar refractivity (Wildman–Crippen MR) is 132 cm³/mol. The Kier molecular flexibility index (Phi) is 7.00. The van der Waals surface area contributed by atoms with Gasteiger partial charge in [-0.15, -0.1) is 0 Å². The van der Waals surface area contributed by atoms with Crippen LogP contribution < -0.4 is 15.8 Å². The molecule has 0 fully saturated rings. The van der Waals surface area contributed by atoms with E-state index in [1.54, 1.807) is 7.05 Å². The van der Waals surface area contributed by atoms with Crippen LogP contribution in [0.5, 0.6) is 11.5 Å². The molecule has 3 N–H and O–H groups in total. The van der Waals surface area contributed by atoms with E-state index < -0.39 is 0 Å². The van der Waals surface area contributed by atoms with Gasteiger partial charge in [-0.2, -0.15) is 0 Å². The van der Waals surface area contributed by atoms with E-state index in [1.807, 2.05) is 78.9 Å². The Morgan fingerprint density at radius 1 is 0.941 bits per heavy atom. The van der Waals surface area contributed by atoms with E-state index in [2.05, 4.69) is 15.3 Å². The molecule has 0 unspecified atom stereocenters. The Morgan fingerprint density at radius 2 is 1.62 bits per heavy atom. The minimum Gasteiger partial charge on any atom is -0.457 e. The van der Waals surface area contributed by atoms with Crippen LogP contribution in [0.3, 0.4) is 0 Å². The Bertz CT molecular complexity index is 1250. The normalized spacial score (nSPS) is 10.5. The van der Waals surface area contributed by atoms with E-state index in [0.29, 0.717) is 22.9 Å².